The monoisotopic (exact) mass is 239 g/mol. The summed E-state index contributed by atoms with van der Waals surface area (Å²) in [4.78, 5) is 22.6. The lowest BCUT2D eigenvalue weighted by Gasteiger charge is -2.10. The molecule has 5 nitrogen and oxygen atoms in total. The summed E-state index contributed by atoms with van der Waals surface area (Å²) in [5, 5.41) is 0. The molecule has 0 fully saturated rings. The lowest BCUT2D eigenvalue weighted by atomic mass is 10.2. The van der Waals surface area contributed by atoms with Crippen molar-refractivity contribution in [3.8, 4) is 0 Å². The Morgan fingerprint density at radius 3 is 2.56 bits per heavy atom. The van der Waals surface area contributed by atoms with Crippen molar-refractivity contribution in [2.45, 2.75) is 19.9 Å². The van der Waals surface area contributed by atoms with Crippen molar-refractivity contribution in [1.29, 1.82) is 0 Å². The number of primary amides is 1. The molecule has 0 bridgehead atoms. The van der Waals surface area contributed by atoms with Gasteiger partial charge in [0.05, 0.1) is 5.56 Å². The molecule has 16 heavy (non-hydrogen) atoms. The van der Waals surface area contributed by atoms with Crippen LogP contribution in [0.5, 0.6) is 0 Å². The molecule has 4 N–H and O–H groups in total. The van der Waals surface area contributed by atoms with Crippen LogP contribution in [0.3, 0.4) is 0 Å². The predicted octanol–water partition coefficient (Wildman–Crippen LogP) is -0.334. The lowest BCUT2D eigenvalue weighted by molar-refractivity contribution is -0.118. The second kappa shape index (κ2) is 4.89. The van der Waals surface area contributed by atoms with Gasteiger partial charge in [0.1, 0.15) is 4.99 Å². The second-order valence-electron chi connectivity index (χ2n) is 3.43. The van der Waals surface area contributed by atoms with E-state index in [4.69, 9.17) is 23.7 Å². The average molecular weight is 239 g/mol. The fourth-order valence-corrected chi connectivity index (χ4v) is 1.51. The molecule has 0 saturated carbocycles. The highest BCUT2D eigenvalue weighted by Gasteiger charge is 2.08. The average Bonchev–Trinajstić information content (AvgIpc) is 2.16. The Kier molecular flexibility index (Phi) is 3.78. The zero-order valence-electron chi connectivity index (χ0n) is 8.90. The number of rotatable bonds is 4. The first-order chi connectivity index (χ1) is 7.43. The fourth-order valence-electron chi connectivity index (χ4n) is 1.36. The zero-order valence-corrected chi connectivity index (χ0v) is 9.71. The number of aryl methyl sites for hydroxylation is 1. The summed E-state index contributed by atoms with van der Waals surface area (Å²) in [5.41, 5.74) is 11.2. The third-order valence-electron chi connectivity index (χ3n) is 2.24. The van der Waals surface area contributed by atoms with E-state index in [-0.39, 0.29) is 29.1 Å². The molecule has 1 aromatic rings. The van der Waals surface area contributed by atoms with Crippen molar-refractivity contribution in [3.05, 3.63) is 33.7 Å². The van der Waals surface area contributed by atoms with Gasteiger partial charge in [-0.25, -0.2) is 0 Å². The van der Waals surface area contributed by atoms with E-state index in [9.17, 15) is 9.59 Å². The third-order valence-corrected chi connectivity index (χ3v) is 2.46. The highest BCUT2D eigenvalue weighted by atomic mass is 32.1. The fraction of sp³-hybridized carbons (Fsp3) is 0.300. The van der Waals surface area contributed by atoms with Crippen molar-refractivity contribution < 1.29 is 4.79 Å². The molecule has 0 saturated heterocycles. The Balaban J connectivity index is 3.16. The molecule has 0 atom stereocenters. The largest absolute Gasteiger partial charge is 0.389 e. The van der Waals surface area contributed by atoms with Gasteiger partial charge < -0.3 is 16.0 Å². The molecular weight excluding hydrogens is 226 g/mol. The molecule has 0 radical (unpaired) electrons. The maximum atomic E-state index is 11.9. The first-order valence-corrected chi connectivity index (χ1v) is 5.13. The van der Waals surface area contributed by atoms with Crippen LogP contribution in [0.15, 0.2) is 16.9 Å². The van der Waals surface area contributed by atoms with E-state index in [1.165, 1.54) is 4.57 Å². The van der Waals surface area contributed by atoms with Gasteiger partial charge in [-0.15, -0.1) is 0 Å². The van der Waals surface area contributed by atoms with Crippen LogP contribution in [0.25, 0.3) is 0 Å². The molecule has 0 unspecified atom stereocenters. The van der Waals surface area contributed by atoms with Crippen molar-refractivity contribution in [2.24, 2.45) is 11.5 Å². The highest BCUT2D eigenvalue weighted by Crippen LogP contribution is 1.99. The number of nitrogens with two attached hydrogens (primary N) is 2. The van der Waals surface area contributed by atoms with E-state index < -0.39 is 5.91 Å². The van der Waals surface area contributed by atoms with Crippen LogP contribution < -0.4 is 17.0 Å². The first kappa shape index (κ1) is 12.4. The van der Waals surface area contributed by atoms with Crippen molar-refractivity contribution in [3.63, 3.8) is 0 Å². The van der Waals surface area contributed by atoms with Crippen LogP contribution in [0.4, 0.5) is 0 Å². The number of pyridine rings is 1. The Hall–Kier alpha value is -1.69. The van der Waals surface area contributed by atoms with Gasteiger partial charge in [0, 0.05) is 18.7 Å². The smallest absolute Gasteiger partial charge is 0.260 e. The van der Waals surface area contributed by atoms with E-state index in [1.807, 2.05) is 0 Å². The van der Waals surface area contributed by atoms with Gasteiger partial charge in [-0.2, -0.15) is 0 Å². The SMILES string of the molecule is Cc1ccc(C(N)=S)c(=O)n1CCC(N)=O. The Morgan fingerprint density at radius 1 is 1.44 bits per heavy atom. The summed E-state index contributed by atoms with van der Waals surface area (Å²) < 4.78 is 1.44. The summed E-state index contributed by atoms with van der Waals surface area (Å²) in [6.07, 6.45) is 0.113. The molecule has 0 aliphatic rings. The summed E-state index contributed by atoms with van der Waals surface area (Å²) in [5.74, 6) is -0.452. The van der Waals surface area contributed by atoms with Gasteiger partial charge in [-0.1, -0.05) is 12.2 Å². The molecular formula is C10H13N3O2S. The van der Waals surface area contributed by atoms with Gasteiger partial charge in [0.2, 0.25) is 5.91 Å². The number of nitrogens with zero attached hydrogens (tertiary/aromatic N) is 1. The van der Waals surface area contributed by atoms with Gasteiger partial charge in [-0.05, 0) is 19.1 Å². The molecule has 1 rings (SSSR count). The standard InChI is InChI=1S/C10H13N3O2S/c1-6-2-3-7(9(12)16)10(15)13(6)5-4-8(11)14/h2-3H,4-5H2,1H3,(H2,11,14)(H2,12,16). The summed E-state index contributed by atoms with van der Waals surface area (Å²) in [6, 6.07) is 3.32. The number of aromatic nitrogens is 1. The predicted molar refractivity (Wildman–Crippen MR) is 65.1 cm³/mol. The molecule has 0 aromatic carbocycles. The number of thiocarbonyl (C=S) groups is 1. The van der Waals surface area contributed by atoms with Gasteiger partial charge in [-0.3, -0.25) is 9.59 Å². The van der Waals surface area contributed by atoms with Crippen molar-refractivity contribution >= 4 is 23.1 Å². The highest BCUT2D eigenvalue weighted by molar-refractivity contribution is 7.80. The molecule has 6 heteroatoms. The lowest BCUT2D eigenvalue weighted by Crippen LogP contribution is -2.31. The Morgan fingerprint density at radius 2 is 2.06 bits per heavy atom. The minimum atomic E-state index is -0.452. The number of amides is 1. The number of hydrogen-bond donors (Lipinski definition) is 2. The normalized spacial score (nSPS) is 10.1. The summed E-state index contributed by atoms with van der Waals surface area (Å²) in [7, 11) is 0. The molecule has 0 aliphatic carbocycles. The van der Waals surface area contributed by atoms with Crippen LogP contribution in [-0.2, 0) is 11.3 Å². The number of carbonyl (C=O) groups excluding carboxylic acids is 1. The third kappa shape index (κ3) is 2.66. The maximum absolute atomic E-state index is 11.9. The van der Waals surface area contributed by atoms with E-state index in [2.05, 4.69) is 0 Å². The minimum Gasteiger partial charge on any atom is -0.389 e. The van der Waals surface area contributed by atoms with E-state index in [0.29, 0.717) is 0 Å². The molecule has 0 spiro atoms. The van der Waals surface area contributed by atoms with Crippen LogP contribution in [0, 0.1) is 6.92 Å². The van der Waals surface area contributed by atoms with Gasteiger partial charge >= 0.3 is 0 Å². The minimum absolute atomic E-state index is 0.0535. The number of hydrogen-bond acceptors (Lipinski definition) is 3. The quantitative estimate of drug-likeness (QED) is 0.704. The van der Waals surface area contributed by atoms with E-state index in [0.717, 1.165) is 5.69 Å². The van der Waals surface area contributed by atoms with E-state index in [1.54, 1.807) is 19.1 Å². The summed E-state index contributed by atoms with van der Waals surface area (Å²) >= 11 is 4.76. The van der Waals surface area contributed by atoms with E-state index >= 15 is 0 Å². The molecule has 1 aromatic heterocycles. The molecule has 0 aliphatic heterocycles. The van der Waals surface area contributed by atoms with Crippen LogP contribution in [0.2, 0.25) is 0 Å². The maximum Gasteiger partial charge on any atom is 0.260 e. The van der Waals surface area contributed by atoms with Crippen LogP contribution >= 0.6 is 12.2 Å². The number of carbonyl (C=O) groups is 1. The van der Waals surface area contributed by atoms with Gasteiger partial charge in [0.25, 0.3) is 5.56 Å². The Bertz CT molecular complexity index is 493. The second-order valence-corrected chi connectivity index (χ2v) is 3.87. The molecule has 1 amide bonds. The van der Waals surface area contributed by atoms with Crippen molar-refractivity contribution in [2.75, 3.05) is 0 Å². The molecule has 86 valence electrons. The van der Waals surface area contributed by atoms with Crippen LogP contribution in [-0.4, -0.2) is 15.5 Å². The first-order valence-electron chi connectivity index (χ1n) is 4.72. The topological polar surface area (TPSA) is 91.1 Å². The molecule has 1 heterocycles. The van der Waals surface area contributed by atoms with Crippen LogP contribution in [0.1, 0.15) is 17.7 Å². The zero-order chi connectivity index (χ0) is 12.3. The van der Waals surface area contributed by atoms with Gasteiger partial charge in [0.15, 0.2) is 0 Å². The summed E-state index contributed by atoms with van der Waals surface area (Å²) in [6.45, 7) is 2.02. The Labute approximate surface area is 98.0 Å². The van der Waals surface area contributed by atoms with Crippen molar-refractivity contribution in [1.82, 2.24) is 4.57 Å².